The van der Waals surface area contributed by atoms with Gasteiger partial charge in [0.05, 0.1) is 23.0 Å². The van der Waals surface area contributed by atoms with Crippen molar-refractivity contribution in [3.05, 3.63) is 69.8 Å². The lowest BCUT2D eigenvalue weighted by Gasteiger charge is -2.26. The molecule has 0 radical (unpaired) electrons. The standard InChI is InChI=1S/C18H21N3O7S/c1-12-7-9-15(10-8-12)29(26,27)19-16(17(22)18(23)20(2)28-3)13-5-4-6-14(11-13)21(24)25/h4-11,16-17,19,22H,1-3H3/t16-,17+/m1/s1. The molecule has 156 valence electrons. The maximum absolute atomic E-state index is 12.8. The lowest BCUT2D eigenvalue weighted by molar-refractivity contribution is -0.384. The van der Waals surface area contributed by atoms with E-state index in [4.69, 9.17) is 4.84 Å². The number of nitrogens with one attached hydrogen (secondary N) is 1. The van der Waals surface area contributed by atoms with Gasteiger partial charge >= 0.3 is 0 Å². The number of benzene rings is 2. The van der Waals surface area contributed by atoms with Gasteiger partial charge in [0.1, 0.15) is 0 Å². The van der Waals surface area contributed by atoms with Gasteiger partial charge in [0.25, 0.3) is 11.6 Å². The smallest absolute Gasteiger partial charge is 0.276 e. The van der Waals surface area contributed by atoms with Gasteiger partial charge in [-0.1, -0.05) is 29.8 Å². The predicted octanol–water partition coefficient (Wildman–Crippen LogP) is 1.30. The van der Waals surface area contributed by atoms with Crippen molar-refractivity contribution in [3.63, 3.8) is 0 Å². The molecular weight excluding hydrogens is 402 g/mol. The number of amides is 1. The van der Waals surface area contributed by atoms with Crippen molar-refractivity contribution in [2.75, 3.05) is 14.2 Å². The van der Waals surface area contributed by atoms with Gasteiger partial charge in [-0.05, 0) is 24.6 Å². The summed E-state index contributed by atoms with van der Waals surface area (Å²) in [5, 5.41) is 22.4. The van der Waals surface area contributed by atoms with Gasteiger partial charge in [-0.2, -0.15) is 0 Å². The maximum atomic E-state index is 12.8. The Morgan fingerprint density at radius 3 is 2.41 bits per heavy atom. The molecular formula is C18H21N3O7S. The van der Waals surface area contributed by atoms with E-state index in [9.17, 15) is 28.4 Å². The van der Waals surface area contributed by atoms with Gasteiger partial charge < -0.3 is 5.11 Å². The second kappa shape index (κ2) is 9.09. The molecule has 0 saturated heterocycles. The maximum Gasteiger partial charge on any atom is 0.276 e. The highest BCUT2D eigenvalue weighted by molar-refractivity contribution is 7.89. The molecule has 1 amide bonds. The molecule has 2 aromatic rings. The Balaban J connectivity index is 2.49. The normalized spacial score (nSPS) is 13.5. The van der Waals surface area contributed by atoms with Gasteiger partial charge in [-0.3, -0.25) is 19.7 Å². The molecule has 0 bridgehead atoms. The minimum absolute atomic E-state index is 0.0419. The number of aliphatic hydroxyl groups excluding tert-OH is 1. The number of non-ortho nitro benzene ring substituents is 1. The van der Waals surface area contributed by atoms with Crippen LogP contribution in [-0.4, -0.2) is 49.7 Å². The highest BCUT2D eigenvalue weighted by Crippen LogP contribution is 2.25. The summed E-state index contributed by atoms with van der Waals surface area (Å²) in [5.74, 6) is -0.935. The molecule has 2 atom stereocenters. The number of rotatable bonds is 8. The molecule has 0 unspecified atom stereocenters. The number of nitro benzene ring substituents is 1. The molecule has 2 rings (SSSR count). The number of carbonyl (C=O) groups excluding carboxylic acids is 1. The van der Waals surface area contributed by atoms with E-state index < -0.39 is 33.0 Å². The van der Waals surface area contributed by atoms with Gasteiger partial charge in [-0.15, -0.1) is 0 Å². The topological polar surface area (TPSA) is 139 Å². The quantitative estimate of drug-likeness (QED) is 0.482. The van der Waals surface area contributed by atoms with Crippen molar-refractivity contribution >= 4 is 21.6 Å². The fourth-order valence-electron chi connectivity index (χ4n) is 2.52. The van der Waals surface area contributed by atoms with Crippen molar-refractivity contribution in [3.8, 4) is 0 Å². The molecule has 0 spiro atoms. The van der Waals surface area contributed by atoms with Crippen LogP contribution >= 0.6 is 0 Å². The van der Waals surface area contributed by atoms with E-state index in [-0.39, 0.29) is 16.1 Å². The first-order chi connectivity index (χ1) is 13.6. The average molecular weight is 423 g/mol. The van der Waals surface area contributed by atoms with E-state index in [1.807, 2.05) is 0 Å². The molecule has 0 heterocycles. The molecule has 0 saturated carbocycles. The zero-order valence-corrected chi connectivity index (χ0v) is 16.8. The van der Waals surface area contributed by atoms with Crippen LogP contribution in [0.3, 0.4) is 0 Å². The Morgan fingerprint density at radius 2 is 1.86 bits per heavy atom. The average Bonchev–Trinajstić information content (AvgIpc) is 2.70. The Kier molecular flexibility index (Phi) is 7.03. The number of aliphatic hydroxyl groups is 1. The second-order valence-electron chi connectivity index (χ2n) is 6.23. The zero-order chi connectivity index (χ0) is 21.8. The van der Waals surface area contributed by atoms with Crippen LogP contribution in [0.1, 0.15) is 17.2 Å². The number of hydrogen-bond acceptors (Lipinski definition) is 7. The fraction of sp³-hybridized carbons (Fsp3) is 0.278. The Hall–Kier alpha value is -2.86. The second-order valence-corrected chi connectivity index (χ2v) is 7.94. The van der Waals surface area contributed by atoms with Gasteiger partial charge in [0.15, 0.2) is 6.10 Å². The number of aryl methyl sites for hydroxylation is 1. The van der Waals surface area contributed by atoms with Crippen LogP contribution in [-0.2, 0) is 19.7 Å². The summed E-state index contributed by atoms with van der Waals surface area (Å²) in [6, 6.07) is 9.45. The van der Waals surface area contributed by atoms with E-state index >= 15 is 0 Å². The van der Waals surface area contributed by atoms with Crippen molar-refractivity contribution in [2.45, 2.75) is 24.0 Å². The predicted molar refractivity (Wildman–Crippen MR) is 103 cm³/mol. The highest BCUT2D eigenvalue weighted by Gasteiger charge is 2.34. The highest BCUT2D eigenvalue weighted by atomic mass is 32.2. The summed E-state index contributed by atoms with van der Waals surface area (Å²) >= 11 is 0. The number of nitro groups is 1. The summed E-state index contributed by atoms with van der Waals surface area (Å²) in [5.41, 5.74) is 0.568. The summed E-state index contributed by atoms with van der Waals surface area (Å²) in [4.78, 5) is 27.4. The molecule has 11 heteroatoms. The van der Waals surface area contributed by atoms with Crippen LogP contribution in [0.15, 0.2) is 53.4 Å². The lowest BCUT2D eigenvalue weighted by Crippen LogP contribution is -2.45. The van der Waals surface area contributed by atoms with Crippen molar-refractivity contribution in [2.24, 2.45) is 0 Å². The van der Waals surface area contributed by atoms with Crippen LogP contribution in [0.25, 0.3) is 0 Å². The summed E-state index contributed by atoms with van der Waals surface area (Å²) < 4.78 is 27.9. The first-order valence-corrected chi connectivity index (χ1v) is 9.88. The molecule has 29 heavy (non-hydrogen) atoms. The van der Waals surface area contributed by atoms with Crippen LogP contribution < -0.4 is 4.72 Å². The fourth-order valence-corrected chi connectivity index (χ4v) is 3.75. The third kappa shape index (κ3) is 5.35. The number of sulfonamides is 1. The van der Waals surface area contributed by atoms with Gasteiger partial charge in [-0.25, -0.2) is 18.2 Å². The SMILES string of the molecule is CON(C)C(=O)[C@@H](O)[C@H](NS(=O)(=O)c1ccc(C)cc1)c1cccc([N+](=O)[O-])c1. The van der Waals surface area contributed by atoms with E-state index in [0.717, 1.165) is 16.7 Å². The third-order valence-corrected chi connectivity index (χ3v) is 5.66. The Morgan fingerprint density at radius 1 is 1.24 bits per heavy atom. The number of likely N-dealkylation sites (N-methyl/N-ethyl adjacent to an activating group) is 1. The van der Waals surface area contributed by atoms with Crippen LogP contribution in [0.4, 0.5) is 5.69 Å². The molecule has 0 aliphatic carbocycles. The molecule has 2 aromatic carbocycles. The van der Waals surface area contributed by atoms with Crippen LogP contribution in [0, 0.1) is 17.0 Å². The van der Waals surface area contributed by atoms with E-state index in [1.54, 1.807) is 19.1 Å². The number of carbonyl (C=O) groups is 1. The van der Waals surface area contributed by atoms with E-state index in [2.05, 4.69) is 4.72 Å². The van der Waals surface area contributed by atoms with Crippen molar-refractivity contribution in [1.82, 2.24) is 9.79 Å². The lowest BCUT2D eigenvalue weighted by atomic mass is 10.0. The van der Waals surface area contributed by atoms with Crippen molar-refractivity contribution in [1.29, 1.82) is 0 Å². The Labute approximate surface area is 167 Å². The molecule has 0 aliphatic rings. The molecule has 0 aromatic heterocycles. The number of hydrogen-bond donors (Lipinski definition) is 2. The van der Waals surface area contributed by atoms with Gasteiger partial charge in [0, 0.05) is 19.2 Å². The summed E-state index contributed by atoms with van der Waals surface area (Å²) in [6.45, 7) is 1.79. The summed E-state index contributed by atoms with van der Waals surface area (Å²) in [7, 11) is -1.72. The number of hydroxylamine groups is 2. The minimum atomic E-state index is -4.16. The first-order valence-electron chi connectivity index (χ1n) is 8.40. The molecule has 2 N–H and O–H groups in total. The minimum Gasteiger partial charge on any atom is -0.381 e. The van der Waals surface area contributed by atoms with Crippen LogP contribution in [0.5, 0.6) is 0 Å². The van der Waals surface area contributed by atoms with E-state index in [0.29, 0.717) is 0 Å². The van der Waals surface area contributed by atoms with Crippen LogP contribution in [0.2, 0.25) is 0 Å². The number of nitrogens with zero attached hydrogens (tertiary/aromatic N) is 2. The molecule has 0 aliphatic heterocycles. The zero-order valence-electron chi connectivity index (χ0n) is 16.0. The monoisotopic (exact) mass is 423 g/mol. The van der Waals surface area contributed by atoms with Gasteiger partial charge in [0.2, 0.25) is 10.0 Å². The molecule has 10 nitrogen and oxygen atoms in total. The van der Waals surface area contributed by atoms with E-state index in [1.165, 1.54) is 44.5 Å². The third-order valence-electron chi connectivity index (χ3n) is 4.21. The first kappa shape index (κ1) is 22.4. The Bertz CT molecular complexity index is 993. The summed E-state index contributed by atoms with van der Waals surface area (Å²) in [6.07, 6.45) is -1.90. The van der Waals surface area contributed by atoms with Crippen molar-refractivity contribution < 1.29 is 28.1 Å². The molecule has 0 fully saturated rings. The largest absolute Gasteiger partial charge is 0.381 e.